The lowest BCUT2D eigenvalue weighted by Crippen LogP contribution is -2.42. The fraction of sp³-hybridized carbons (Fsp3) is 0.529. The minimum absolute atomic E-state index is 0.0239. The van der Waals surface area contributed by atoms with Crippen LogP contribution < -0.4 is 10.6 Å². The average molecular weight is 358 g/mol. The van der Waals surface area contributed by atoms with Gasteiger partial charge in [-0.15, -0.1) is 0 Å². The molecule has 25 heavy (non-hydrogen) atoms. The topological polar surface area (TPSA) is 78.4 Å². The van der Waals surface area contributed by atoms with Crippen molar-refractivity contribution in [1.82, 2.24) is 5.32 Å². The first-order valence-corrected chi connectivity index (χ1v) is 8.22. The molecule has 2 rings (SSSR count). The van der Waals surface area contributed by atoms with Crippen LogP contribution in [0.5, 0.6) is 0 Å². The Balaban J connectivity index is 1.80. The van der Waals surface area contributed by atoms with Crippen molar-refractivity contribution < 1.29 is 27.9 Å². The summed E-state index contributed by atoms with van der Waals surface area (Å²) in [7, 11) is 0. The maximum atomic E-state index is 12.5. The molecule has 1 aromatic carbocycles. The van der Waals surface area contributed by atoms with Gasteiger partial charge in [0.15, 0.2) is 0 Å². The summed E-state index contributed by atoms with van der Waals surface area (Å²) < 4.78 is 37.4. The number of carbonyl (C=O) groups is 2. The van der Waals surface area contributed by atoms with Crippen molar-refractivity contribution in [2.75, 3.05) is 11.9 Å². The third kappa shape index (κ3) is 5.74. The van der Waals surface area contributed by atoms with Crippen LogP contribution >= 0.6 is 0 Å². The van der Waals surface area contributed by atoms with Crippen LogP contribution in [0.4, 0.5) is 18.9 Å². The van der Waals surface area contributed by atoms with E-state index in [-0.39, 0.29) is 18.2 Å². The Kier molecular flexibility index (Phi) is 6.41. The van der Waals surface area contributed by atoms with Gasteiger partial charge in [0.05, 0.1) is 11.7 Å². The molecule has 0 unspecified atom stereocenters. The first-order valence-electron chi connectivity index (χ1n) is 8.22. The van der Waals surface area contributed by atoms with Gasteiger partial charge in [-0.05, 0) is 43.0 Å². The standard InChI is InChI=1S/C17H21F3N2O3/c18-17(19,20)12-6-8-13(9-7-12)22-16(25)15(24)21-10-14(23)11-4-2-1-3-5-11/h6-9,11,14,23H,1-5,10H2,(H,21,24)(H,22,25)/t14-/m1/s1. The quantitative estimate of drug-likeness (QED) is 0.724. The fourth-order valence-electron chi connectivity index (χ4n) is 2.89. The van der Waals surface area contributed by atoms with Crippen molar-refractivity contribution in [2.24, 2.45) is 5.92 Å². The van der Waals surface area contributed by atoms with Crippen molar-refractivity contribution in [3.05, 3.63) is 29.8 Å². The second-order valence-corrected chi connectivity index (χ2v) is 6.20. The molecule has 0 aromatic heterocycles. The number of aliphatic hydroxyl groups excluding tert-OH is 1. The van der Waals surface area contributed by atoms with E-state index in [1.165, 1.54) is 0 Å². The number of rotatable bonds is 4. The SMILES string of the molecule is O=C(NC[C@@H](O)C1CCCCC1)C(=O)Nc1ccc(C(F)(F)F)cc1. The van der Waals surface area contributed by atoms with Crippen molar-refractivity contribution in [3.63, 3.8) is 0 Å². The number of hydrogen-bond donors (Lipinski definition) is 3. The minimum atomic E-state index is -4.46. The summed E-state index contributed by atoms with van der Waals surface area (Å²) >= 11 is 0. The molecule has 8 heteroatoms. The van der Waals surface area contributed by atoms with E-state index >= 15 is 0 Å². The van der Waals surface area contributed by atoms with Gasteiger partial charge in [0.25, 0.3) is 0 Å². The van der Waals surface area contributed by atoms with Gasteiger partial charge in [0.1, 0.15) is 0 Å². The third-order valence-electron chi connectivity index (χ3n) is 4.34. The van der Waals surface area contributed by atoms with Crippen LogP contribution in [0.3, 0.4) is 0 Å². The Morgan fingerprint density at radius 3 is 2.24 bits per heavy atom. The lowest BCUT2D eigenvalue weighted by molar-refractivity contribution is -0.137. The molecule has 0 heterocycles. The highest BCUT2D eigenvalue weighted by atomic mass is 19.4. The molecule has 0 saturated heterocycles. The molecule has 3 N–H and O–H groups in total. The minimum Gasteiger partial charge on any atom is -0.391 e. The molecular formula is C17H21F3N2O3. The first kappa shape index (κ1) is 19.2. The molecule has 0 bridgehead atoms. The number of alkyl halides is 3. The molecule has 1 aliphatic rings. The Hall–Kier alpha value is -2.09. The molecule has 1 saturated carbocycles. The summed E-state index contributed by atoms with van der Waals surface area (Å²) in [5.41, 5.74) is -0.758. The first-order chi connectivity index (χ1) is 11.8. The maximum absolute atomic E-state index is 12.5. The van der Waals surface area contributed by atoms with E-state index in [2.05, 4.69) is 10.6 Å². The second-order valence-electron chi connectivity index (χ2n) is 6.20. The predicted octanol–water partition coefficient (Wildman–Crippen LogP) is 2.70. The fourth-order valence-corrected chi connectivity index (χ4v) is 2.89. The second kappa shape index (κ2) is 8.33. The maximum Gasteiger partial charge on any atom is 0.416 e. The summed E-state index contributed by atoms with van der Waals surface area (Å²) in [5.74, 6) is -1.81. The zero-order valence-corrected chi connectivity index (χ0v) is 13.6. The van der Waals surface area contributed by atoms with Gasteiger partial charge in [0.2, 0.25) is 0 Å². The van der Waals surface area contributed by atoms with Crippen LogP contribution in [0.1, 0.15) is 37.7 Å². The van der Waals surface area contributed by atoms with E-state index in [9.17, 15) is 27.9 Å². The highest BCUT2D eigenvalue weighted by Gasteiger charge is 2.30. The molecule has 0 aliphatic heterocycles. The number of aliphatic hydroxyl groups is 1. The van der Waals surface area contributed by atoms with Gasteiger partial charge in [-0.25, -0.2) is 0 Å². The van der Waals surface area contributed by atoms with Crippen LogP contribution in [-0.2, 0) is 15.8 Å². The Morgan fingerprint density at radius 1 is 1.08 bits per heavy atom. The molecule has 1 atom stereocenters. The molecule has 1 aliphatic carbocycles. The Bertz CT molecular complexity index is 596. The number of amides is 2. The largest absolute Gasteiger partial charge is 0.416 e. The van der Waals surface area contributed by atoms with Crippen molar-refractivity contribution in [1.29, 1.82) is 0 Å². The molecule has 138 valence electrons. The van der Waals surface area contributed by atoms with E-state index in [0.29, 0.717) is 0 Å². The number of nitrogens with one attached hydrogen (secondary N) is 2. The summed E-state index contributed by atoms with van der Waals surface area (Å²) in [4.78, 5) is 23.5. The summed E-state index contributed by atoms with van der Waals surface area (Å²) in [5, 5.41) is 14.6. The molecule has 0 radical (unpaired) electrons. The van der Waals surface area contributed by atoms with Crippen molar-refractivity contribution >= 4 is 17.5 Å². The number of hydrogen-bond acceptors (Lipinski definition) is 3. The third-order valence-corrected chi connectivity index (χ3v) is 4.34. The molecular weight excluding hydrogens is 337 g/mol. The van der Waals surface area contributed by atoms with Gasteiger partial charge in [-0.1, -0.05) is 19.3 Å². The Labute approximate surface area is 143 Å². The van der Waals surface area contributed by atoms with Gasteiger partial charge >= 0.3 is 18.0 Å². The van der Waals surface area contributed by atoms with Crippen LogP contribution in [0.2, 0.25) is 0 Å². The van der Waals surface area contributed by atoms with E-state index in [1.807, 2.05) is 0 Å². The van der Waals surface area contributed by atoms with Gasteiger partial charge in [-0.2, -0.15) is 13.2 Å². The van der Waals surface area contributed by atoms with Gasteiger partial charge in [-0.3, -0.25) is 9.59 Å². The van der Waals surface area contributed by atoms with Gasteiger partial charge < -0.3 is 15.7 Å². The van der Waals surface area contributed by atoms with E-state index in [0.717, 1.165) is 56.4 Å². The van der Waals surface area contributed by atoms with E-state index < -0.39 is 29.7 Å². The van der Waals surface area contributed by atoms with Crippen molar-refractivity contribution in [2.45, 2.75) is 44.4 Å². The monoisotopic (exact) mass is 358 g/mol. The molecule has 2 amide bonds. The van der Waals surface area contributed by atoms with E-state index in [4.69, 9.17) is 0 Å². The summed E-state index contributed by atoms with van der Waals surface area (Å²) in [6, 6.07) is 3.79. The zero-order chi connectivity index (χ0) is 18.4. The summed E-state index contributed by atoms with van der Waals surface area (Å²) in [6.45, 7) is -0.0239. The van der Waals surface area contributed by atoms with Crippen LogP contribution in [0, 0.1) is 5.92 Å². The zero-order valence-electron chi connectivity index (χ0n) is 13.6. The lowest BCUT2D eigenvalue weighted by atomic mass is 9.85. The molecule has 1 fully saturated rings. The van der Waals surface area contributed by atoms with Crippen molar-refractivity contribution in [3.8, 4) is 0 Å². The average Bonchev–Trinajstić information content (AvgIpc) is 2.59. The number of benzene rings is 1. The van der Waals surface area contributed by atoms with Crippen LogP contribution in [-0.4, -0.2) is 29.6 Å². The highest BCUT2D eigenvalue weighted by Crippen LogP contribution is 2.29. The Morgan fingerprint density at radius 2 is 1.68 bits per heavy atom. The highest BCUT2D eigenvalue weighted by molar-refractivity contribution is 6.39. The number of anilines is 1. The molecule has 1 aromatic rings. The normalized spacial score (nSPS) is 17.0. The van der Waals surface area contributed by atoms with E-state index in [1.54, 1.807) is 0 Å². The lowest BCUT2D eigenvalue weighted by Gasteiger charge is -2.26. The van der Waals surface area contributed by atoms with Crippen LogP contribution in [0.25, 0.3) is 0 Å². The number of halogens is 3. The summed E-state index contributed by atoms with van der Waals surface area (Å²) in [6.07, 6.45) is -0.138. The predicted molar refractivity (Wildman–Crippen MR) is 85.7 cm³/mol. The smallest absolute Gasteiger partial charge is 0.391 e. The number of carbonyl (C=O) groups excluding carboxylic acids is 2. The molecule has 5 nitrogen and oxygen atoms in total. The molecule has 0 spiro atoms. The van der Waals surface area contributed by atoms with Gasteiger partial charge in [0, 0.05) is 12.2 Å². The van der Waals surface area contributed by atoms with Crippen LogP contribution in [0.15, 0.2) is 24.3 Å².